The Hall–Kier alpha value is -1.88. The van der Waals surface area contributed by atoms with Gasteiger partial charge in [-0.3, -0.25) is 0 Å². The second kappa shape index (κ2) is 11.0. The zero-order valence-electron chi connectivity index (χ0n) is 15.7. The first-order valence-corrected chi connectivity index (χ1v) is 8.74. The molecule has 0 saturated heterocycles. The molecule has 0 heterocycles. The van der Waals surface area contributed by atoms with Gasteiger partial charge in [-0.15, -0.1) is 12.4 Å². The molecule has 0 N–H and O–H groups in total. The molecule has 0 spiro atoms. The molecular formula is C21H28ClNO3. The van der Waals surface area contributed by atoms with Gasteiger partial charge in [-0.1, -0.05) is 74.5 Å². The second-order valence-electron chi connectivity index (χ2n) is 5.78. The maximum atomic E-state index is 13.1. The number of halogens is 1. The van der Waals surface area contributed by atoms with Crippen molar-refractivity contribution in [1.29, 1.82) is 0 Å². The molecule has 5 heteroatoms. The molecule has 2 rings (SSSR count). The van der Waals surface area contributed by atoms with Crippen LogP contribution >= 0.6 is 12.4 Å². The molecule has 0 aliphatic heterocycles. The molecule has 142 valence electrons. The van der Waals surface area contributed by atoms with Crippen LogP contribution in [0.15, 0.2) is 60.7 Å². The standard InChI is InChI=1S/C21H27NO3.ClH/c1-4-22(5-2)16-17-25-20(23)21(24-3,18-12-8-6-9-13-18)19-14-10-7-11-15-19;/h6-15H,4-5,16-17H2,1-3H3;1H. The Bertz CT molecular complexity index is 605. The van der Waals surface area contributed by atoms with Crippen molar-refractivity contribution in [2.75, 3.05) is 33.4 Å². The first kappa shape index (κ1) is 22.2. The van der Waals surface area contributed by atoms with Gasteiger partial charge in [0.15, 0.2) is 0 Å². The van der Waals surface area contributed by atoms with Crippen LogP contribution in [0.1, 0.15) is 25.0 Å². The highest BCUT2D eigenvalue weighted by Gasteiger charge is 2.44. The zero-order valence-corrected chi connectivity index (χ0v) is 16.5. The Labute approximate surface area is 162 Å². The molecular weight excluding hydrogens is 350 g/mol. The molecule has 0 unspecified atom stereocenters. The van der Waals surface area contributed by atoms with Crippen LogP contribution in [-0.2, 0) is 19.9 Å². The van der Waals surface area contributed by atoms with Crippen molar-refractivity contribution in [2.24, 2.45) is 0 Å². The van der Waals surface area contributed by atoms with Crippen LogP contribution in [0.3, 0.4) is 0 Å². The fraction of sp³-hybridized carbons (Fsp3) is 0.381. The number of hydrogen-bond acceptors (Lipinski definition) is 4. The van der Waals surface area contributed by atoms with E-state index < -0.39 is 5.60 Å². The lowest BCUT2D eigenvalue weighted by Crippen LogP contribution is -2.41. The van der Waals surface area contributed by atoms with Gasteiger partial charge in [0.25, 0.3) is 0 Å². The van der Waals surface area contributed by atoms with E-state index in [0.717, 1.165) is 24.2 Å². The molecule has 0 aliphatic carbocycles. The summed E-state index contributed by atoms with van der Waals surface area (Å²) in [5.74, 6) is -0.389. The highest BCUT2D eigenvalue weighted by Crippen LogP contribution is 2.34. The van der Waals surface area contributed by atoms with E-state index in [1.54, 1.807) is 7.11 Å². The molecule has 0 atom stereocenters. The van der Waals surface area contributed by atoms with Gasteiger partial charge in [-0.05, 0) is 24.2 Å². The van der Waals surface area contributed by atoms with E-state index in [4.69, 9.17) is 9.47 Å². The number of esters is 1. The van der Waals surface area contributed by atoms with Gasteiger partial charge in [-0.25, -0.2) is 4.79 Å². The smallest absolute Gasteiger partial charge is 0.347 e. The van der Waals surface area contributed by atoms with E-state index in [-0.39, 0.29) is 18.4 Å². The average molecular weight is 378 g/mol. The Morgan fingerprint density at radius 1 is 0.923 bits per heavy atom. The van der Waals surface area contributed by atoms with E-state index in [1.165, 1.54) is 0 Å². The molecule has 4 nitrogen and oxygen atoms in total. The van der Waals surface area contributed by atoms with Crippen LogP contribution in [0.5, 0.6) is 0 Å². The number of methoxy groups -OCH3 is 1. The summed E-state index contributed by atoms with van der Waals surface area (Å²) in [5.41, 5.74) is 0.263. The monoisotopic (exact) mass is 377 g/mol. The maximum Gasteiger partial charge on any atom is 0.347 e. The van der Waals surface area contributed by atoms with Crippen LogP contribution in [0, 0.1) is 0 Å². The van der Waals surface area contributed by atoms with Crippen molar-refractivity contribution in [1.82, 2.24) is 4.90 Å². The number of nitrogens with zero attached hydrogens (tertiary/aromatic N) is 1. The van der Waals surface area contributed by atoms with Gasteiger partial charge >= 0.3 is 5.97 Å². The number of carbonyl (C=O) groups is 1. The molecule has 26 heavy (non-hydrogen) atoms. The summed E-state index contributed by atoms with van der Waals surface area (Å²) < 4.78 is 11.4. The molecule has 0 radical (unpaired) electrons. The van der Waals surface area contributed by atoms with Crippen LogP contribution in [0.2, 0.25) is 0 Å². The van der Waals surface area contributed by atoms with Crippen molar-refractivity contribution in [3.8, 4) is 0 Å². The SMILES string of the molecule is CCN(CC)CCOC(=O)C(OC)(c1ccccc1)c1ccccc1.Cl. The first-order valence-electron chi connectivity index (χ1n) is 8.74. The van der Waals surface area contributed by atoms with Gasteiger partial charge in [0.05, 0.1) is 0 Å². The highest BCUT2D eigenvalue weighted by atomic mass is 35.5. The van der Waals surface area contributed by atoms with Crippen LogP contribution < -0.4 is 0 Å². The Morgan fingerprint density at radius 3 is 1.77 bits per heavy atom. The maximum absolute atomic E-state index is 13.1. The summed E-state index contributed by atoms with van der Waals surface area (Å²) in [6.45, 7) is 7.10. The molecule has 0 amide bonds. The third-order valence-electron chi connectivity index (χ3n) is 4.49. The van der Waals surface area contributed by atoms with Crippen LogP contribution in [-0.4, -0.2) is 44.2 Å². The number of ether oxygens (including phenoxy) is 2. The van der Waals surface area contributed by atoms with E-state index in [1.807, 2.05) is 60.7 Å². The summed E-state index contributed by atoms with van der Waals surface area (Å²) in [6, 6.07) is 19.0. The van der Waals surface area contributed by atoms with Crippen LogP contribution in [0.4, 0.5) is 0 Å². The van der Waals surface area contributed by atoms with E-state index in [2.05, 4.69) is 18.7 Å². The lowest BCUT2D eigenvalue weighted by atomic mass is 9.86. The van der Waals surface area contributed by atoms with E-state index in [0.29, 0.717) is 13.2 Å². The fourth-order valence-corrected chi connectivity index (χ4v) is 2.98. The summed E-state index contributed by atoms with van der Waals surface area (Å²) >= 11 is 0. The van der Waals surface area contributed by atoms with Gasteiger partial charge in [-0.2, -0.15) is 0 Å². The van der Waals surface area contributed by atoms with Crippen molar-refractivity contribution >= 4 is 18.4 Å². The van der Waals surface area contributed by atoms with Gasteiger partial charge in [0.2, 0.25) is 5.60 Å². The van der Waals surface area contributed by atoms with Gasteiger partial charge in [0, 0.05) is 13.7 Å². The number of hydrogen-bond donors (Lipinski definition) is 0. The number of likely N-dealkylation sites (N-methyl/N-ethyl adjacent to an activating group) is 1. The number of rotatable bonds is 9. The Kier molecular flexibility index (Phi) is 9.35. The minimum Gasteiger partial charge on any atom is -0.462 e. The first-order chi connectivity index (χ1) is 12.2. The minimum atomic E-state index is -1.26. The number of benzene rings is 2. The highest BCUT2D eigenvalue weighted by molar-refractivity contribution is 5.86. The quantitative estimate of drug-likeness (QED) is 0.621. The average Bonchev–Trinajstić information content (AvgIpc) is 2.68. The fourth-order valence-electron chi connectivity index (χ4n) is 2.98. The van der Waals surface area contributed by atoms with Crippen molar-refractivity contribution in [3.63, 3.8) is 0 Å². The molecule has 0 saturated carbocycles. The molecule has 2 aromatic carbocycles. The molecule has 0 fully saturated rings. The summed E-state index contributed by atoms with van der Waals surface area (Å²) in [6.07, 6.45) is 0. The lowest BCUT2D eigenvalue weighted by molar-refractivity contribution is -0.165. The van der Waals surface area contributed by atoms with E-state index >= 15 is 0 Å². The second-order valence-corrected chi connectivity index (χ2v) is 5.78. The number of carbonyl (C=O) groups excluding carboxylic acids is 1. The normalized spacial score (nSPS) is 11.1. The molecule has 2 aromatic rings. The molecule has 0 aliphatic rings. The summed E-state index contributed by atoms with van der Waals surface area (Å²) in [4.78, 5) is 15.3. The van der Waals surface area contributed by atoms with Crippen molar-refractivity contribution in [3.05, 3.63) is 71.8 Å². The predicted octanol–water partition coefficient (Wildman–Crippen LogP) is 3.88. The third-order valence-corrected chi connectivity index (χ3v) is 4.49. The topological polar surface area (TPSA) is 38.8 Å². The van der Waals surface area contributed by atoms with Gasteiger partial charge in [0.1, 0.15) is 6.61 Å². The van der Waals surface area contributed by atoms with Crippen molar-refractivity contribution in [2.45, 2.75) is 19.4 Å². The predicted molar refractivity (Wildman–Crippen MR) is 107 cm³/mol. The summed E-state index contributed by atoms with van der Waals surface area (Å²) in [7, 11) is 1.55. The largest absolute Gasteiger partial charge is 0.462 e. The minimum absolute atomic E-state index is 0. The zero-order chi connectivity index (χ0) is 18.1. The lowest BCUT2D eigenvalue weighted by Gasteiger charge is -2.31. The van der Waals surface area contributed by atoms with Crippen LogP contribution in [0.25, 0.3) is 0 Å². The molecule has 0 bridgehead atoms. The summed E-state index contributed by atoms with van der Waals surface area (Å²) in [5, 5.41) is 0. The Balaban J connectivity index is 0.00000338. The molecule has 0 aromatic heterocycles. The third kappa shape index (κ3) is 4.85. The Morgan fingerprint density at radius 2 is 1.38 bits per heavy atom. The van der Waals surface area contributed by atoms with Gasteiger partial charge < -0.3 is 14.4 Å². The van der Waals surface area contributed by atoms with Crippen molar-refractivity contribution < 1.29 is 14.3 Å². The van der Waals surface area contributed by atoms with E-state index in [9.17, 15) is 4.79 Å².